The number of rotatable bonds is 5. The summed E-state index contributed by atoms with van der Waals surface area (Å²) in [4.78, 5) is 14.7. The Hall–Kier alpha value is -1.92. The maximum absolute atomic E-state index is 12.8. The summed E-state index contributed by atoms with van der Waals surface area (Å²) in [7, 11) is 1.98. The van der Waals surface area contributed by atoms with Gasteiger partial charge >= 0.3 is 0 Å². The summed E-state index contributed by atoms with van der Waals surface area (Å²) < 4.78 is 1.73. The Balaban J connectivity index is 0.00000225. The Kier molecular flexibility index (Phi) is 6.96. The molecule has 0 unspecified atom stereocenters. The molecule has 25 heavy (non-hydrogen) atoms. The number of benzene rings is 1. The van der Waals surface area contributed by atoms with Crippen LogP contribution < -0.4 is 5.32 Å². The summed E-state index contributed by atoms with van der Waals surface area (Å²) >= 11 is 0. The van der Waals surface area contributed by atoms with Crippen LogP contribution in [0.5, 0.6) is 0 Å². The fraction of sp³-hybridized carbons (Fsp3) is 0.500. The van der Waals surface area contributed by atoms with Crippen molar-refractivity contribution in [2.75, 3.05) is 26.7 Å². The summed E-state index contributed by atoms with van der Waals surface area (Å²) in [6, 6.07) is 9.79. The van der Waals surface area contributed by atoms with Gasteiger partial charge < -0.3 is 10.2 Å². The molecule has 0 atom stereocenters. The number of likely N-dealkylation sites (tertiary alicyclic amines) is 1. The highest BCUT2D eigenvalue weighted by Crippen LogP contribution is 2.22. The largest absolute Gasteiger partial charge is 0.337 e. The van der Waals surface area contributed by atoms with Gasteiger partial charge in [-0.2, -0.15) is 0 Å². The quantitative estimate of drug-likeness (QED) is 0.886. The minimum atomic E-state index is 0. The van der Waals surface area contributed by atoms with Crippen LogP contribution in [0.15, 0.2) is 30.3 Å². The Bertz CT molecular complexity index is 680. The number of aromatic nitrogens is 3. The zero-order valence-corrected chi connectivity index (χ0v) is 15.6. The van der Waals surface area contributed by atoms with Gasteiger partial charge in [-0.05, 0) is 57.8 Å². The van der Waals surface area contributed by atoms with E-state index in [0.717, 1.165) is 43.9 Å². The van der Waals surface area contributed by atoms with Crippen molar-refractivity contribution in [1.82, 2.24) is 25.2 Å². The van der Waals surface area contributed by atoms with Crippen molar-refractivity contribution in [1.29, 1.82) is 0 Å². The lowest BCUT2D eigenvalue weighted by atomic mass is 9.93. The van der Waals surface area contributed by atoms with Crippen LogP contribution in [0, 0.1) is 12.8 Å². The van der Waals surface area contributed by atoms with E-state index in [1.165, 1.54) is 6.42 Å². The third-order valence-corrected chi connectivity index (χ3v) is 4.80. The molecule has 0 radical (unpaired) electrons. The third-order valence-electron chi connectivity index (χ3n) is 4.80. The first-order valence-corrected chi connectivity index (χ1v) is 8.62. The topological polar surface area (TPSA) is 63.1 Å². The summed E-state index contributed by atoms with van der Waals surface area (Å²) in [5, 5.41) is 11.5. The number of carbonyl (C=O) groups is 1. The highest BCUT2D eigenvalue weighted by Gasteiger charge is 2.27. The van der Waals surface area contributed by atoms with Crippen LogP contribution in [0.3, 0.4) is 0 Å². The fourth-order valence-corrected chi connectivity index (χ4v) is 3.26. The van der Waals surface area contributed by atoms with Gasteiger partial charge in [-0.3, -0.25) is 4.79 Å². The van der Waals surface area contributed by atoms with Gasteiger partial charge in [-0.1, -0.05) is 23.4 Å². The molecule has 1 aromatic heterocycles. The number of halogens is 1. The van der Waals surface area contributed by atoms with Gasteiger partial charge in [0.15, 0.2) is 5.69 Å². The van der Waals surface area contributed by atoms with Crippen molar-refractivity contribution in [2.24, 2.45) is 5.92 Å². The average Bonchev–Trinajstić information content (AvgIpc) is 3.02. The lowest BCUT2D eigenvalue weighted by molar-refractivity contribution is 0.0680. The van der Waals surface area contributed by atoms with E-state index in [4.69, 9.17) is 0 Å². The number of para-hydroxylation sites is 1. The molecule has 136 valence electrons. The first-order valence-electron chi connectivity index (χ1n) is 8.62. The number of hydrogen-bond acceptors (Lipinski definition) is 4. The number of hydrogen-bond donors (Lipinski definition) is 1. The molecule has 1 fully saturated rings. The van der Waals surface area contributed by atoms with Crippen LogP contribution >= 0.6 is 12.4 Å². The van der Waals surface area contributed by atoms with E-state index in [2.05, 4.69) is 15.6 Å². The van der Waals surface area contributed by atoms with Gasteiger partial charge in [0, 0.05) is 13.1 Å². The summed E-state index contributed by atoms with van der Waals surface area (Å²) in [5.74, 6) is 0.712. The van der Waals surface area contributed by atoms with Crippen LogP contribution in [-0.2, 0) is 0 Å². The van der Waals surface area contributed by atoms with Crippen LogP contribution in [0.2, 0.25) is 0 Å². The van der Waals surface area contributed by atoms with Gasteiger partial charge in [-0.25, -0.2) is 4.68 Å². The molecule has 1 amide bonds. The second-order valence-electron chi connectivity index (χ2n) is 6.40. The highest BCUT2D eigenvalue weighted by molar-refractivity contribution is 5.93. The molecule has 3 rings (SSSR count). The molecule has 1 saturated heterocycles. The summed E-state index contributed by atoms with van der Waals surface area (Å²) in [6.07, 6.45) is 3.32. The van der Waals surface area contributed by atoms with Crippen LogP contribution in [-0.4, -0.2) is 52.5 Å². The minimum Gasteiger partial charge on any atom is -0.337 e. The maximum Gasteiger partial charge on any atom is 0.276 e. The molecule has 1 aliphatic heterocycles. The van der Waals surface area contributed by atoms with E-state index < -0.39 is 0 Å². The smallest absolute Gasteiger partial charge is 0.276 e. The molecule has 7 heteroatoms. The predicted molar refractivity (Wildman–Crippen MR) is 101 cm³/mol. The summed E-state index contributed by atoms with van der Waals surface area (Å²) in [5.41, 5.74) is 2.18. The van der Waals surface area contributed by atoms with Crippen molar-refractivity contribution >= 4 is 18.3 Å². The number of nitrogens with zero attached hydrogens (tertiary/aromatic N) is 4. The monoisotopic (exact) mass is 363 g/mol. The molecule has 0 bridgehead atoms. The first-order chi connectivity index (χ1) is 11.7. The fourth-order valence-electron chi connectivity index (χ4n) is 3.26. The molecule has 6 nitrogen and oxygen atoms in total. The average molecular weight is 364 g/mol. The zero-order valence-electron chi connectivity index (χ0n) is 14.8. The Morgan fingerprint density at radius 2 is 1.92 bits per heavy atom. The molecule has 0 spiro atoms. The Morgan fingerprint density at radius 3 is 2.56 bits per heavy atom. The molecule has 2 heterocycles. The molecule has 0 aliphatic carbocycles. The second-order valence-corrected chi connectivity index (χ2v) is 6.40. The molecule has 0 saturated carbocycles. The van der Waals surface area contributed by atoms with Crippen LogP contribution in [0.1, 0.15) is 35.4 Å². The summed E-state index contributed by atoms with van der Waals surface area (Å²) in [6.45, 7) is 4.57. The molecule has 1 N–H and O–H groups in total. The van der Waals surface area contributed by atoms with E-state index in [-0.39, 0.29) is 18.3 Å². The lowest BCUT2D eigenvalue weighted by Crippen LogP contribution is -2.39. The van der Waals surface area contributed by atoms with E-state index in [1.54, 1.807) is 4.68 Å². The first kappa shape index (κ1) is 19.4. The van der Waals surface area contributed by atoms with Gasteiger partial charge in [0.2, 0.25) is 0 Å². The molecular formula is C18H26ClN5O. The van der Waals surface area contributed by atoms with Crippen molar-refractivity contribution in [2.45, 2.75) is 26.2 Å². The predicted octanol–water partition coefficient (Wildman–Crippen LogP) is 2.46. The van der Waals surface area contributed by atoms with Crippen molar-refractivity contribution in [3.63, 3.8) is 0 Å². The minimum absolute atomic E-state index is 0. The number of piperidine rings is 1. The van der Waals surface area contributed by atoms with Crippen LogP contribution in [0.25, 0.3) is 5.69 Å². The number of amides is 1. The molecule has 1 aromatic carbocycles. The number of nitrogens with one attached hydrogen (secondary N) is 1. The van der Waals surface area contributed by atoms with Gasteiger partial charge in [0.1, 0.15) is 0 Å². The van der Waals surface area contributed by atoms with Crippen molar-refractivity contribution in [3.8, 4) is 5.69 Å². The third kappa shape index (κ3) is 4.38. The zero-order chi connectivity index (χ0) is 16.9. The van der Waals surface area contributed by atoms with Crippen molar-refractivity contribution < 1.29 is 4.79 Å². The molecule has 2 aromatic rings. The van der Waals surface area contributed by atoms with E-state index >= 15 is 0 Å². The van der Waals surface area contributed by atoms with E-state index in [0.29, 0.717) is 11.6 Å². The van der Waals surface area contributed by atoms with Gasteiger partial charge in [0.25, 0.3) is 5.91 Å². The number of carbonyl (C=O) groups excluding carboxylic acids is 1. The maximum atomic E-state index is 12.8. The standard InChI is InChI=1S/C18H25N5O.ClH/c1-14-17(20-21-23(14)16-6-4-3-5-7-16)18(24)22-12-9-15(10-13-22)8-11-19-2;/h3-7,15,19H,8-13H2,1-2H3;1H. The van der Waals surface area contributed by atoms with E-state index in [9.17, 15) is 4.79 Å². The van der Waals surface area contributed by atoms with Gasteiger partial charge in [-0.15, -0.1) is 17.5 Å². The Morgan fingerprint density at radius 1 is 1.24 bits per heavy atom. The lowest BCUT2D eigenvalue weighted by Gasteiger charge is -2.31. The Labute approximate surface area is 155 Å². The van der Waals surface area contributed by atoms with Crippen LogP contribution in [0.4, 0.5) is 0 Å². The van der Waals surface area contributed by atoms with E-state index in [1.807, 2.05) is 49.2 Å². The second kappa shape index (κ2) is 8.97. The highest BCUT2D eigenvalue weighted by atomic mass is 35.5. The molecular weight excluding hydrogens is 338 g/mol. The molecule has 1 aliphatic rings. The normalized spacial score (nSPS) is 15.0. The SMILES string of the molecule is CNCCC1CCN(C(=O)c2nnn(-c3ccccc3)c2C)CC1.Cl. The van der Waals surface area contributed by atoms with Gasteiger partial charge in [0.05, 0.1) is 11.4 Å². The van der Waals surface area contributed by atoms with Crippen molar-refractivity contribution in [3.05, 3.63) is 41.7 Å².